The van der Waals surface area contributed by atoms with Crippen LogP contribution in [0.15, 0.2) is 48.5 Å². The van der Waals surface area contributed by atoms with E-state index < -0.39 is 5.60 Å². The molecule has 0 unspecified atom stereocenters. The van der Waals surface area contributed by atoms with Gasteiger partial charge in [-0.2, -0.15) is 0 Å². The molecule has 0 aliphatic carbocycles. The third-order valence-corrected chi connectivity index (χ3v) is 4.81. The van der Waals surface area contributed by atoms with Crippen molar-refractivity contribution in [2.24, 2.45) is 0 Å². The molecule has 0 radical (unpaired) electrons. The van der Waals surface area contributed by atoms with E-state index in [0.717, 1.165) is 42.1 Å². The van der Waals surface area contributed by atoms with Crippen molar-refractivity contribution in [2.45, 2.75) is 17.9 Å². The highest BCUT2D eigenvalue weighted by Crippen LogP contribution is 2.51. The van der Waals surface area contributed by atoms with Crippen LogP contribution in [-0.4, -0.2) is 30.1 Å². The van der Waals surface area contributed by atoms with E-state index in [4.69, 9.17) is 4.74 Å². The number of hydrogen-bond acceptors (Lipinski definition) is 3. The summed E-state index contributed by atoms with van der Waals surface area (Å²) in [6.45, 7) is 1.73. The normalized spacial score (nSPS) is 27.8. The summed E-state index contributed by atoms with van der Waals surface area (Å²) in [6, 6.07) is 16.0. The molecule has 4 rings (SSSR count). The molecule has 2 heterocycles. The van der Waals surface area contributed by atoms with Gasteiger partial charge in [0.1, 0.15) is 17.1 Å². The molecule has 1 fully saturated rings. The van der Waals surface area contributed by atoms with Crippen molar-refractivity contribution in [3.8, 4) is 11.5 Å². The summed E-state index contributed by atoms with van der Waals surface area (Å²) < 4.78 is 6.12. The first kappa shape index (κ1) is 12.9. The molecule has 108 valence electrons. The van der Waals surface area contributed by atoms with E-state index in [2.05, 4.69) is 18.0 Å². The molecule has 0 aromatic heterocycles. The van der Waals surface area contributed by atoms with Crippen LogP contribution in [0, 0.1) is 0 Å². The molecule has 0 bridgehead atoms. The van der Waals surface area contributed by atoms with Crippen LogP contribution in [0.1, 0.15) is 23.5 Å². The summed E-state index contributed by atoms with van der Waals surface area (Å²) >= 11 is 0. The van der Waals surface area contributed by atoms with E-state index in [1.165, 1.54) is 0 Å². The van der Waals surface area contributed by atoms with Crippen LogP contribution in [0.3, 0.4) is 0 Å². The van der Waals surface area contributed by atoms with E-state index in [0.29, 0.717) is 0 Å². The minimum atomic E-state index is -0.851. The summed E-state index contributed by atoms with van der Waals surface area (Å²) in [6.07, 6.45) is 0.725. The number of rotatable bonds is 0. The summed E-state index contributed by atoms with van der Waals surface area (Å²) in [5.74, 6) is 1.68. The van der Waals surface area contributed by atoms with E-state index in [1.54, 1.807) is 0 Å². The number of benzene rings is 2. The molecule has 2 aromatic carbocycles. The topological polar surface area (TPSA) is 32.7 Å². The van der Waals surface area contributed by atoms with Crippen molar-refractivity contribution in [1.29, 1.82) is 0 Å². The van der Waals surface area contributed by atoms with Crippen LogP contribution in [0.2, 0.25) is 0 Å². The molecule has 0 saturated carbocycles. The average Bonchev–Trinajstić information content (AvgIpc) is 2.61. The molecule has 2 aliphatic rings. The third-order valence-electron chi connectivity index (χ3n) is 4.81. The highest BCUT2D eigenvalue weighted by Gasteiger charge is 2.47. The number of ether oxygens (including phenoxy) is 1. The van der Waals surface area contributed by atoms with Gasteiger partial charge in [0.2, 0.25) is 0 Å². The Morgan fingerprint density at radius 3 is 2.67 bits per heavy atom. The van der Waals surface area contributed by atoms with Crippen LogP contribution >= 0.6 is 0 Å². The smallest absolute Gasteiger partial charge is 0.133 e. The second-order valence-electron chi connectivity index (χ2n) is 6.13. The van der Waals surface area contributed by atoms with Gasteiger partial charge in [0.25, 0.3) is 0 Å². The molecule has 2 aromatic rings. The lowest BCUT2D eigenvalue weighted by Crippen LogP contribution is -2.46. The number of aliphatic hydroxyl groups is 1. The Kier molecular flexibility index (Phi) is 2.81. The molecule has 2 atom stereocenters. The Bertz CT molecular complexity index is 684. The number of nitrogens with zero attached hydrogens (tertiary/aromatic N) is 1. The molecule has 3 heteroatoms. The fraction of sp³-hybridized carbons (Fsp3) is 0.333. The van der Waals surface area contributed by atoms with Gasteiger partial charge in [-0.05, 0) is 25.6 Å². The average molecular weight is 281 g/mol. The van der Waals surface area contributed by atoms with Gasteiger partial charge in [0.05, 0.1) is 0 Å². The van der Waals surface area contributed by atoms with Crippen LogP contribution in [0.5, 0.6) is 11.5 Å². The SMILES string of the molecule is CN1CC[C@@]2(O)c3ccccc3Oc3ccccc3[C@H]2C1. The molecule has 21 heavy (non-hydrogen) atoms. The highest BCUT2D eigenvalue weighted by atomic mass is 16.5. The lowest BCUT2D eigenvalue weighted by molar-refractivity contribution is -0.0411. The number of fused-ring (bicyclic) bond motifs is 5. The largest absolute Gasteiger partial charge is 0.457 e. The second kappa shape index (κ2) is 4.58. The van der Waals surface area contributed by atoms with Crippen molar-refractivity contribution in [2.75, 3.05) is 20.1 Å². The standard InChI is InChI=1S/C18H19NO2/c1-19-11-10-18(20)14-7-3-5-9-17(14)21-16-8-4-2-6-13(16)15(18)12-19/h2-9,15,20H,10-12H2,1H3/t15-,18-/m1/s1. The first-order chi connectivity index (χ1) is 10.2. The maximum absolute atomic E-state index is 11.5. The second-order valence-corrected chi connectivity index (χ2v) is 6.13. The minimum Gasteiger partial charge on any atom is -0.457 e. The van der Waals surface area contributed by atoms with Crippen molar-refractivity contribution in [3.05, 3.63) is 59.7 Å². The van der Waals surface area contributed by atoms with E-state index in [1.807, 2.05) is 42.5 Å². The number of likely N-dealkylation sites (N-methyl/N-ethyl adjacent to an activating group) is 1. The van der Waals surface area contributed by atoms with Gasteiger partial charge in [-0.15, -0.1) is 0 Å². The van der Waals surface area contributed by atoms with Crippen LogP contribution < -0.4 is 4.74 Å². The zero-order chi connectivity index (χ0) is 14.4. The quantitative estimate of drug-likeness (QED) is 0.805. The lowest BCUT2D eigenvalue weighted by atomic mass is 9.73. The summed E-state index contributed by atoms with van der Waals surface area (Å²) in [7, 11) is 2.11. The van der Waals surface area contributed by atoms with Crippen LogP contribution in [0.4, 0.5) is 0 Å². The van der Waals surface area contributed by atoms with Crippen LogP contribution in [0.25, 0.3) is 0 Å². The molecule has 1 saturated heterocycles. The molecule has 0 amide bonds. The van der Waals surface area contributed by atoms with Crippen LogP contribution in [-0.2, 0) is 5.60 Å². The molecule has 1 N–H and O–H groups in total. The predicted molar refractivity (Wildman–Crippen MR) is 81.7 cm³/mol. The summed E-state index contributed by atoms with van der Waals surface area (Å²) in [4.78, 5) is 2.28. The van der Waals surface area contributed by atoms with E-state index in [-0.39, 0.29) is 5.92 Å². The number of para-hydroxylation sites is 2. The van der Waals surface area contributed by atoms with E-state index >= 15 is 0 Å². The van der Waals surface area contributed by atoms with E-state index in [9.17, 15) is 5.11 Å². The molecule has 2 aliphatic heterocycles. The maximum Gasteiger partial charge on any atom is 0.133 e. The van der Waals surface area contributed by atoms with Crippen molar-refractivity contribution in [3.63, 3.8) is 0 Å². The Morgan fingerprint density at radius 2 is 1.81 bits per heavy atom. The molecule has 0 spiro atoms. The van der Waals surface area contributed by atoms with Gasteiger partial charge in [-0.1, -0.05) is 36.4 Å². The Balaban J connectivity index is 1.97. The summed E-state index contributed by atoms with van der Waals surface area (Å²) in [5.41, 5.74) is 1.16. The van der Waals surface area contributed by atoms with Gasteiger partial charge < -0.3 is 14.7 Å². The van der Waals surface area contributed by atoms with Gasteiger partial charge >= 0.3 is 0 Å². The zero-order valence-corrected chi connectivity index (χ0v) is 12.1. The number of likely N-dealkylation sites (tertiary alicyclic amines) is 1. The highest BCUT2D eigenvalue weighted by molar-refractivity contribution is 5.51. The number of piperidine rings is 1. The maximum atomic E-state index is 11.5. The zero-order valence-electron chi connectivity index (χ0n) is 12.1. The van der Waals surface area contributed by atoms with Gasteiger partial charge in [0.15, 0.2) is 0 Å². The first-order valence-corrected chi connectivity index (χ1v) is 7.46. The van der Waals surface area contributed by atoms with Crippen molar-refractivity contribution < 1.29 is 9.84 Å². The fourth-order valence-corrected chi connectivity index (χ4v) is 3.66. The molecular weight excluding hydrogens is 262 g/mol. The Labute approximate surface area is 124 Å². The lowest BCUT2D eigenvalue weighted by Gasteiger charge is -2.43. The minimum absolute atomic E-state index is 0.0381. The fourth-order valence-electron chi connectivity index (χ4n) is 3.66. The molecular formula is C18H19NO2. The van der Waals surface area contributed by atoms with Gasteiger partial charge in [0, 0.05) is 30.1 Å². The Hall–Kier alpha value is -1.84. The predicted octanol–water partition coefficient (Wildman–Crippen LogP) is 3.10. The number of hydrogen-bond donors (Lipinski definition) is 1. The Morgan fingerprint density at radius 1 is 1.10 bits per heavy atom. The van der Waals surface area contributed by atoms with Crippen molar-refractivity contribution in [1.82, 2.24) is 4.90 Å². The molecule has 3 nitrogen and oxygen atoms in total. The monoisotopic (exact) mass is 281 g/mol. The van der Waals surface area contributed by atoms with Gasteiger partial charge in [-0.25, -0.2) is 0 Å². The van der Waals surface area contributed by atoms with Gasteiger partial charge in [-0.3, -0.25) is 0 Å². The van der Waals surface area contributed by atoms with Crippen molar-refractivity contribution >= 4 is 0 Å². The third kappa shape index (κ3) is 1.88. The first-order valence-electron chi connectivity index (χ1n) is 7.46. The summed E-state index contributed by atoms with van der Waals surface area (Å²) in [5, 5.41) is 11.5.